The van der Waals surface area contributed by atoms with Crippen molar-refractivity contribution in [3.63, 3.8) is 0 Å². The molecule has 1 aliphatic heterocycles. The van der Waals surface area contributed by atoms with Crippen molar-refractivity contribution in [1.82, 2.24) is 9.88 Å². The Morgan fingerprint density at radius 2 is 2.00 bits per heavy atom. The lowest BCUT2D eigenvalue weighted by atomic mass is 9.86. The van der Waals surface area contributed by atoms with Gasteiger partial charge in [-0.25, -0.2) is 0 Å². The minimum Gasteiger partial charge on any atom is -0.370 e. The Hall–Kier alpha value is -2.15. The molecular formula is C18H19N3O. The third-order valence-electron chi connectivity index (χ3n) is 5.45. The van der Waals surface area contributed by atoms with Crippen LogP contribution in [0.5, 0.6) is 0 Å². The number of hydrogen-bond donors (Lipinski definition) is 0. The van der Waals surface area contributed by atoms with E-state index in [9.17, 15) is 10.1 Å². The zero-order valence-electron chi connectivity index (χ0n) is 12.9. The Morgan fingerprint density at radius 3 is 2.64 bits per heavy atom. The van der Waals surface area contributed by atoms with Gasteiger partial charge in [0.2, 0.25) is 0 Å². The number of rotatable bonds is 1. The van der Waals surface area contributed by atoms with Crippen molar-refractivity contribution in [2.45, 2.75) is 39.0 Å². The molecule has 22 heavy (non-hydrogen) atoms. The Kier molecular flexibility index (Phi) is 2.87. The van der Waals surface area contributed by atoms with Crippen LogP contribution in [0.15, 0.2) is 17.8 Å². The van der Waals surface area contributed by atoms with Gasteiger partial charge in [0.25, 0.3) is 0 Å². The highest BCUT2D eigenvalue weighted by atomic mass is 16.1. The largest absolute Gasteiger partial charge is 0.370 e. The Morgan fingerprint density at radius 1 is 1.27 bits per heavy atom. The van der Waals surface area contributed by atoms with E-state index in [-0.39, 0.29) is 5.78 Å². The van der Waals surface area contributed by atoms with Gasteiger partial charge in [-0.05, 0) is 49.7 Å². The molecule has 0 aromatic carbocycles. The zero-order chi connectivity index (χ0) is 15.3. The van der Waals surface area contributed by atoms with Crippen molar-refractivity contribution >= 4 is 11.5 Å². The van der Waals surface area contributed by atoms with Gasteiger partial charge in [-0.1, -0.05) is 0 Å². The smallest absolute Gasteiger partial charge is 0.179 e. The van der Waals surface area contributed by atoms with Crippen molar-refractivity contribution in [1.29, 1.82) is 5.26 Å². The van der Waals surface area contributed by atoms with Gasteiger partial charge in [-0.15, -0.1) is 0 Å². The van der Waals surface area contributed by atoms with Gasteiger partial charge in [0.1, 0.15) is 11.6 Å². The molecule has 2 aliphatic carbocycles. The van der Waals surface area contributed by atoms with Gasteiger partial charge in [0, 0.05) is 37.0 Å². The fourth-order valence-electron chi connectivity index (χ4n) is 3.80. The van der Waals surface area contributed by atoms with E-state index in [1.165, 1.54) is 25.7 Å². The van der Waals surface area contributed by atoms with Crippen molar-refractivity contribution < 1.29 is 4.79 Å². The first-order chi connectivity index (χ1) is 10.6. The van der Waals surface area contributed by atoms with Crippen molar-refractivity contribution in [2.24, 2.45) is 5.41 Å². The molecule has 0 amide bonds. The predicted octanol–water partition coefficient (Wildman–Crippen LogP) is 2.63. The number of nitrogens with zero attached hydrogens (tertiary/aromatic N) is 3. The molecule has 0 radical (unpaired) electrons. The lowest BCUT2D eigenvalue weighted by molar-refractivity contribution is -0.114. The summed E-state index contributed by atoms with van der Waals surface area (Å²) in [7, 11) is 0. The van der Waals surface area contributed by atoms with Gasteiger partial charge >= 0.3 is 0 Å². The minimum atomic E-state index is -0.0673. The van der Waals surface area contributed by atoms with Crippen molar-refractivity contribution in [2.75, 3.05) is 13.1 Å². The van der Waals surface area contributed by atoms with Crippen LogP contribution in [0.2, 0.25) is 0 Å². The highest BCUT2D eigenvalue weighted by Crippen LogP contribution is 2.54. The van der Waals surface area contributed by atoms with Crippen LogP contribution in [0.25, 0.3) is 5.70 Å². The Bertz CT molecular complexity index is 727. The molecule has 1 saturated heterocycles. The fourth-order valence-corrected chi connectivity index (χ4v) is 3.80. The molecule has 0 N–H and O–H groups in total. The van der Waals surface area contributed by atoms with Gasteiger partial charge in [0.15, 0.2) is 5.78 Å². The van der Waals surface area contributed by atoms with Crippen LogP contribution in [0.4, 0.5) is 0 Å². The summed E-state index contributed by atoms with van der Waals surface area (Å²) in [5, 5.41) is 9.50. The van der Waals surface area contributed by atoms with Gasteiger partial charge in [0.05, 0.1) is 5.70 Å². The second kappa shape index (κ2) is 4.67. The number of fused-ring (bicyclic) bond motifs is 1. The molecule has 4 nitrogen and oxygen atoms in total. The molecular weight excluding hydrogens is 274 g/mol. The summed E-state index contributed by atoms with van der Waals surface area (Å²) >= 11 is 0. The highest BCUT2D eigenvalue weighted by molar-refractivity contribution is 6.09. The third kappa shape index (κ3) is 2.04. The van der Waals surface area contributed by atoms with Crippen LogP contribution >= 0.6 is 0 Å². The summed E-state index contributed by atoms with van der Waals surface area (Å²) in [6, 6.07) is 4.19. The van der Waals surface area contributed by atoms with E-state index in [4.69, 9.17) is 0 Å². The number of Topliss-reactive ketones (excluding diaryl/α,β-unsaturated/α-hetero) is 1. The fraction of sp³-hybridized carbons (Fsp3) is 0.500. The number of ketones is 1. The van der Waals surface area contributed by atoms with Crippen LogP contribution in [0, 0.1) is 23.7 Å². The number of carbonyl (C=O) groups excluding carboxylic acids is 1. The number of aromatic nitrogens is 1. The summed E-state index contributed by atoms with van der Waals surface area (Å²) in [4.78, 5) is 18.9. The maximum Gasteiger partial charge on any atom is 0.179 e. The molecule has 1 aromatic rings. The Balaban J connectivity index is 1.78. The van der Waals surface area contributed by atoms with Gasteiger partial charge in [-0.2, -0.15) is 5.26 Å². The molecule has 4 rings (SSSR count). The molecule has 1 aromatic heterocycles. The first kappa shape index (κ1) is 13.5. The summed E-state index contributed by atoms with van der Waals surface area (Å²) in [6.07, 6.45) is 7.16. The summed E-state index contributed by atoms with van der Waals surface area (Å²) in [6.45, 7) is 3.86. The first-order valence-corrected chi connectivity index (χ1v) is 8.00. The molecule has 4 heteroatoms. The maximum absolute atomic E-state index is 12.3. The van der Waals surface area contributed by atoms with Gasteiger partial charge in [-0.3, -0.25) is 9.78 Å². The van der Waals surface area contributed by atoms with E-state index in [2.05, 4.69) is 16.0 Å². The van der Waals surface area contributed by atoms with Crippen LogP contribution in [0.1, 0.15) is 42.5 Å². The van der Waals surface area contributed by atoms with E-state index in [1.54, 1.807) is 6.20 Å². The molecule has 0 atom stereocenters. The molecule has 3 aliphatic rings. The summed E-state index contributed by atoms with van der Waals surface area (Å²) in [5.41, 5.74) is 4.70. The number of piperidine rings is 1. The molecule has 0 unspecified atom stereocenters. The molecule has 112 valence electrons. The topological polar surface area (TPSA) is 57.0 Å². The molecule has 1 spiro atoms. The number of allylic oxidation sites excluding steroid dienone is 1. The number of hydrogen-bond acceptors (Lipinski definition) is 4. The number of likely N-dealkylation sites (tertiary alicyclic amines) is 1. The van der Waals surface area contributed by atoms with E-state index < -0.39 is 0 Å². The van der Waals surface area contributed by atoms with E-state index >= 15 is 0 Å². The normalized spacial score (nSPS) is 22.5. The molecule has 2 heterocycles. The number of nitriles is 1. The first-order valence-electron chi connectivity index (χ1n) is 8.00. The van der Waals surface area contributed by atoms with Crippen molar-refractivity contribution in [3.8, 4) is 6.07 Å². The average Bonchev–Trinajstić information content (AvgIpc) is 3.27. The van der Waals surface area contributed by atoms with E-state index in [0.717, 1.165) is 35.6 Å². The SMILES string of the molecule is Cc1cc2c(cn1)CC(=O)C(C#N)=C2N1CCC2(CC1)CC2. The van der Waals surface area contributed by atoms with Gasteiger partial charge < -0.3 is 4.90 Å². The second-order valence-electron chi connectivity index (χ2n) is 6.91. The van der Waals surface area contributed by atoms with Crippen LogP contribution in [0.3, 0.4) is 0 Å². The lowest BCUT2D eigenvalue weighted by Crippen LogP contribution is -2.36. The quantitative estimate of drug-likeness (QED) is 0.798. The van der Waals surface area contributed by atoms with Crippen molar-refractivity contribution in [3.05, 3.63) is 34.7 Å². The second-order valence-corrected chi connectivity index (χ2v) is 6.91. The van der Waals surface area contributed by atoms with Crippen LogP contribution in [-0.4, -0.2) is 28.8 Å². The predicted molar refractivity (Wildman–Crippen MR) is 82.7 cm³/mol. The average molecular weight is 293 g/mol. The molecule has 1 saturated carbocycles. The van der Waals surface area contributed by atoms with Crippen LogP contribution in [-0.2, 0) is 11.2 Å². The summed E-state index contributed by atoms with van der Waals surface area (Å²) in [5.74, 6) is -0.0673. The number of carbonyl (C=O) groups is 1. The molecule has 0 bridgehead atoms. The number of pyridine rings is 1. The minimum absolute atomic E-state index is 0.0673. The zero-order valence-corrected chi connectivity index (χ0v) is 12.9. The van der Waals surface area contributed by atoms with E-state index in [0.29, 0.717) is 17.4 Å². The highest BCUT2D eigenvalue weighted by Gasteiger charge is 2.45. The molecule has 2 fully saturated rings. The summed E-state index contributed by atoms with van der Waals surface area (Å²) < 4.78 is 0. The lowest BCUT2D eigenvalue weighted by Gasteiger charge is -2.37. The number of aryl methyl sites for hydroxylation is 1. The standard InChI is InChI=1S/C18H19N3O/c1-12-8-14-13(11-20-12)9-16(22)15(10-19)17(14)21-6-4-18(2-3-18)5-7-21/h8,11H,2-7,9H2,1H3. The van der Waals surface area contributed by atoms with E-state index in [1.807, 2.05) is 13.0 Å². The van der Waals surface area contributed by atoms with Crippen LogP contribution < -0.4 is 0 Å². The third-order valence-corrected chi connectivity index (χ3v) is 5.45. The maximum atomic E-state index is 12.3. The monoisotopic (exact) mass is 293 g/mol. The Labute approximate surface area is 130 Å².